The largest absolute Gasteiger partial charge is 0.492 e. The van der Waals surface area contributed by atoms with Crippen molar-refractivity contribution in [2.45, 2.75) is 25.1 Å². The van der Waals surface area contributed by atoms with Gasteiger partial charge in [0.25, 0.3) is 0 Å². The molecule has 1 aromatic carbocycles. The van der Waals surface area contributed by atoms with Gasteiger partial charge in [0, 0.05) is 18.7 Å². The van der Waals surface area contributed by atoms with Gasteiger partial charge < -0.3 is 15.2 Å². The number of ether oxygens (including phenoxy) is 2. The van der Waals surface area contributed by atoms with Gasteiger partial charge in [0.2, 0.25) is 0 Å². The van der Waals surface area contributed by atoms with Crippen molar-refractivity contribution in [3.63, 3.8) is 0 Å². The summed E-state index contributed by atoms with van der Waals surface area (Å²) in [4.78, 5) is 2.28. The number of hydrogen-bond acceptors (Lipinski definition) is 4. The fourth-order valence-corrected chi connectivity index (χ4v) is 2.88. The van der Waals surface area contributed by atoms with E-state index in [4.69, 9.17) is 15.2 Å². The summed E-state index contributed by atoms with van der Waals surface area (Å²) in [5, 5.41) is 0. The number of morpholine rings is 1. The lowest BCUT2D eigenvalue weighted by atomic mass is 9.95. The molecule has 2 aliphatic rings. The third-order valence-electron chi connectivity index (χ3n) is 3.90. The maximum Gasteiger partial charge on any atom is 0.124 e. The van der Waals surface area contributed by atoms with Crippen molar-refractivity contribution in [3.05, 3.63) is 29.6 Å². The summed E-state index contributed by atoms with van der Waals surface area (Å²) in [6, 6.07) is 4.41. The van der Waals surface area contributed by atoms with Crippen molar-refractivity contribution >= 4 is 0 Å². The smallest absolute Gasteiger partial charge is 0.124 e. The van der Waals surface area contributed by atoms with E-state index >= 15 is 0 Å². The summed E-state index contributed by atoms with van der Waals surface area (Å²) in [6.07, 6.45) is 0.204. The van der Waals surface area contributed by atoms with Crippen LogP contribution in [0.3, 0.4) is 0 Å². The van der Waals surface area contributed by atoms with Crippen LogP contribution in [0.4, 0.5) is 4.39 Å². The molecule has 3 rings (SSSR count). The fourth-order valence-electron chi connectivity index (χ4n) is 2.88. The van der Waals surface area contributed by atoms with Gasteiger partial charge in [-0.05, 0) is 25.1 Å². The molecule has 2 heterocycles. The molecule has 19 heavy (non-hydrogen) atoms. The van der Waals surface area contributed by atoms with E-state index < -0.39 is 0 Å². The molecule has 5 heteroatoms. The minimum atomic E-state index is -0.270. The van der Waals surface area contributed by atoms with Gasteiger partial charge in [0.05, 0.1) is 24.8 Å². The highest BCUT2D eigenvalue weighted by Crippen LogP contribution is 2.33. The Hall–Kier alpha value is -1.17. The lowest BCUT2D eigenvalue weighted by Crippen LogP contribution is -2.54. The summed E-state index contributed by atoms with van der Waals surface area (Å²) in [5.74, 6) is 0.431. The minimum Gasteiger partial charge on any atom is -0.492 e. The molecule has 1 saturated heterocycles. The zero-order valence-corrected chi connectivity index (χ0v) is 11.0. The first-order valence-corrected chi connectivity index (χ1v) is 6.68. The Balaban J connectivity index is 1.82. The molecule has 0 amide bonds. The van der Waals surface area contributed by atoms with E-state index in [2.05, 4.69) is 11.8 Å². The molecule has 0 radical (unpaired) electrons. The third-order valence-corrected chi connectivity index (χ3v) is 3.90. The Morgan fingerprint density at radius 1 is 1.42 bits per heavy atom. The highest BCUT2D eigenvalue weighted by molar-refractivity contribution is 5.39. The number of benzene rings is 1. The standard InChI is InChI=1S/C14H19FN2O2/c1-9-7-17(4-5-18-9)12-8-19-13-3-2-10(15)6-11(13)14(12)16/h2-3,6,9,12,14H,4-5,7-8,16H2,1H3/t9-,12+,14+/m1/s1. The molecular weight excluding hydrogens is 247 g/mol. The van der Waals surface area contributed by atoms with E-state index in [1.54, 1.807) is 6.07 Å². The minimum absolute atomic E-state index is 0.0839. The number of hydrogen-bond donors (Lipinski definition) is 1. The van der Waals surface area contributed by atoms with Gasteiger partial charge in [-0.3, -0.25) is 4.90 Å². The highest BCUT2D eigenvalue weighted by Gasteiger charge is 2.34. The SMILES string of the molecule is C[C@@H]1CN([C@H]2COc3ccc(F)cc3[C@@H]2N)CCO1. The molecule has 0 saturated carbocycles. The summed E-state index contributed by atoms with van der Waals surface area (Å²) in [6.45, 7) is 4.99. The van der Waals surface area contributed by atoms with Crippen molar-refractivity contribution in [1.82, 2.24) is 4.90 Å². The van der Waals surface area contributed by atoms with Crippen LogP contribution in [0.5, 0.6) is 5.75 Å². The molecule has 1 fully saturated rings. The quantitative estimate of drug-likeness (QED) is 0.832. The Bertz CT molecular complexity index is 469. The average Bonchev–Trinajstić information content (AvgIpc) is 2.40. The van der Waals surface area contributed by atoms with Gasteiger partial charge in [0.15, 0.2) is 0 Å². The van der Waals surface area contributed by atoms with Crippen molar-refractivity contribution in [1.29, 1.82) is 0 Å². The van der Waals surface area contributed by atoms with Gasteiger partial charge in [-0.1, -0.05) is 0 Å². The van der Waals surface area contributed by atoms with Gasteiger partial charge in [-0.2, -0.15) is 0 Å². The van der Waals surface area contributed by atoms with Crippen LogP contribution < -0.4 is 10.5 Å². The molecule has 0 bridgehead atoms. The van der Waals surface area contributed by atoms with Crippen LogP contribution >= 0.6 is 0 Å². The number of nitrogens with zero attached hydrogens (tertiary/aromatic N) is 1. The van der Waals surface area contributed by atoms with Crippen LogP contribution in [0.2, 0.25) is 0 Å². The Morgan fingerprint density at radius 2 is 2.26 bits per heavy atom. The normalized spacial score (nSPS) is 31.6. The van der Waals surface area contributed by atoms with Gasteiger partial charge in [0.1, 0.15) is 18.2 Å². The van der Waals surface area contributed by atoms with E-state index in [0.717, 1.165) is 18.7 Å². The van der Waals surface area contributed by atoms with Crippen LogP contribution in [-0.4, -0.2) is 43.3 Å². The molecule has 2 aliphatic heterocycles. The zero-order valence-electron chi connectivity index (χ0n) is 11.0. The molecule has 0 spiro atoms. The molecule has 3 atom stereocenters. The fraction of sp³-hybridized carbons (Fsp3) is 0.571. The van der Waals surface area contributed by atoms with E-state index in [1.165, 1.54) is 12.1 Å². The van der Waals surface area contributed by atoms with Gasteiger partial charge in [-0.15, -0.1) is 0 Å². The third kappa shape index (κ3) is 2.45. The monoisotopic (exact) mass is 266 g/mol. The number of rotatable bonds is 1. The molecule has 0 aliphatic carbocycles. The van der Waals surface area contributed by atoms with Crippen molar-refractivity contribution in [2.24, 2.45) is 5.73 Å². The lowest BCUT2D eigenvalue weighted by Gasteiger charge is -2.42. The van der Waals surface area contributed by atoms with Crippen molar-refractivity contribution in [2.75, 3.05) is 26.3 Å². The van der Waals surface area contributed by atoms with Crippen LogP contribution in [-0.2, 0) is 4.74 Å². The van der Waals surface area contributed by atoms with E-state index in [0.29, 0.717) is 19.0 Å². The van der Waals surface area contributed by atoms with E-state index in [-0.39, 0.29) is 24.0 Å². The van der Waals surface area contributed by atoms with Gasteiger partial charge in [-0.25, -0.2) is 4.39 Å². The molecule has 2 N–H and O–H groups in total. The average molecular weight is 266 g/mol. The summed E-state index contributed by atoms with van der Waals surface area (Å²) in [5.41, 5.74) is 7.07. The molecular formula is C14H19FN2O2. The second kappa shape index (κ2) is 5.07. The maximum atomic E-state index is 13.4. The second-order valence-corrected chi connectivity index (χ2v) is 5.26. The van der Waals surface area contributed by atoms with Crippen LogP contribution in [0.15, 0.2) is 18.2 Å². The number of nitrogens with two attached hydrogens (primary N) is 1. The second-order valence-electron chi connectivity index (χ2n) is 5.26. The zero-order chi connectivity index (χ0) is 13.4. The first-order chi connectivity index (χ1) is 9.15. The van der Waals surface area contributed by atoms with Crippen LogP contribution in [0.25, 0.3) is 0 Å². The molecule has 0 aromatic heterocycles. The van der Waals surface area contributed by atoms with Crippen LogP contribution in [0.1, 0.15) is 18.5 Å². The predicted molar refractivity (Wildman–Crippen MR) is 69.6 cm³/mol. The Labute approximate surface area is 112 Å². The number of fused-ring (bicyclic) bond motifs is 1. The molecule has 0 unspecified atom stereocenters. The summed E-state index contributed by atoms with van der Waals surface area (Å²) >= 11 is 0. The molecule has 104 valence electrons. The van der Waals surface area contributed by atoms with Crippen LogP contribution in [0, 0.1) is 5.82 Å². The van der Waals surface area contributed by atoms with Crippen molar-refractivity contribution in [3.8, 4) is 5.75 Å². The maximum absolute atomic E-state index is 13.4. The molecule has 4 nitrogen and oxygen atoms in total. The van der Waals surface area contributed by atoms with E-state index in [1.807, 2.05) is 0 Å². The molecule has 1 aromatic rings. The highest BCUT2D eigenvalue weighted by atomic mass is 19.1. The van der Waals surface area contributed by atoms with Crippen molar-refractivity contribution < 1.29 is 13.9 Å². The first kappa shape index (κ1) is 12.8. The predicted octanol–water partition coefficient (Wildman–Crippen LogP) is 1.31. The summed E-state index contributed by atoms with van der Waals surface area (Å²) in [7, 11) is 0. The topological polar surface area (TPSA) is 47.7 Å². The summed E-state index contributed by atoms with van der Waals surface area (Å²) < 4.78 is 24.6. The number of halogens is 1. The van der Waals surface area contributed by atoms with Gasteiger partial charge >= 0.3 is 0 Å². The first-order valence-electron chi connectivity index (χ1n) is 6.68. The Morgan fingerprint density at radius 3 is 3.05 bits per heavy atom. The van der Waals surface area contributed by atoms with E-state index in [9.17, 15) is 4.39 Å². The lowest BCUT2D eigenvalue weighted by molar-refractivity contribution is -0.0478. The Kier molecular flexibility index (Phi) is 3.43.